The van der Waals surface area contributed by atoms with Crippen molar-refractivity contribution in [2.75, 3.05) is 56.6 Å². The van der Waals surface area contributed by atoms with Gasteiger partial charge < -0.3 is 15.3 Å². The number of fused-ring (bicyclic) bond motifs is 1. The van der Waals surface area contributed by atoms with Crippen LogP contribution in [0, 0.1) is 0 Å². The van der Waals surface area contributed by atoms with Crippen LogP contribution in [0.25, 0.3) is 10.2 Å². The maximum atomic E-state index is 9.00. The minimum atomic E-state index is 0.228. The number of nitrogens with zero attached hydrogens (tertiary/aromatic N) is 4. The number of thiophene rings is 1. The van der Waals surface area contributed by atoms with Gasteiger partial charge in [0.2, 0.25) is 5.95 Å². The molecule has 0 unspecified atom stereocenters. The molecule has 0 spiro atoms. The zero-order valence-corrected chi connectivity index (χ0v) is 12.4. The first-order valence-electron chi connectivity index (χ1n) is 6.83. The summed E-state index contributed by atoms with van der Waals surface area (Å²) in [7, 11) is 1.84. The van der Waals surface area contributed by atoms with Gasteiger partial charge in [-0.3, -0.25) is 4.90 Å². The number of aromatic nitrogens is 2. The highest BCUT2D eigenvalue weighted by Gasteiger charge is 2.20. The highest BCUT2D eigenvalue weighted by atomic mass is 32.1. The second-order valence-corrected chi connectivity index (χ2v) is 5.71. The second-order valence-electron chi connectivity index (χ2n) is 4.81. The number of aliphatic hydroxyl groups is 1. The first kappa shape index (κ1) is 13.5. The number of piperazine rings is 1. The van der Waals surface area contributed by atoms with Crippen molar-refractivity contribution in [3.05, 3.63) is 11.4 Å². The van der Waals surface area contributed by atoms with Gasteiger partial charge in [0.25, 0.3) is 0 Å². The smallest absolute Gasteiger partial charge is 0.225 e. The summed E-state index contributed by atoms with van der Waals surface area (Å²) >= 11 is 1.64. The van der Waals surface area contributed by atoms with Gasteiger partial charge >= 0.3 is 0 Å². The fraction of sp³-hybridized carbons (Fsp3) is 0.538. The summed E-state index contributed by atoms with van der Waals surface area (Å²) in [4.78, 5) is 14.7. The van der Waals surface area contributed by atoms with E-state index in [1.165, 1.54) is 0 Å². The van der Waals surface area contributed by atoms with Crippen molar-refractivity contribution in [3.63, 3.8) is 0 Å². The van der Waals surface area contributed by atoms with Gasteiger partial charge in [-0.25, -0.2) is 4.98 Å². The molecule has 3 heterocycles. The Kier molecular flexibility index (Phi) is 4.00. The molecule has 0 bridgehead atoms. The topological polar surface area (TPSA) is 64.5 Å². The Morgan fingerprint density at radius 3 is 2.80 bits per heavy atom. The highest BCUT2D eigenvalue weighted by molar-refractivity contribution is 7.16. The van der Waals surface area contributed by atoms with Gasteiger partial charge in [-0.2, -0.15) is 4.98 Å². The lowest BCUT2D eigenvalue weighted by Gasteiger charge is -2.35. The van der Waals surface area contributed by atoms with E-state index in [0.717, 1.165) is 48.8 Å². The molecule has 1 aliphatic rings. The third-order valence-electron chi connectivity index (χ3n) is 3.62. The van der Waals surface area contributed by atoms with Crippen molar-refractivity contribution in [2.45, 2.75) is 0 Å². The third kappa shape index (κ3) is 2.56. The molecule has 0 amide bonds. The first-order valence-corrected chi connectivity index (χ1v) is 7.71. The second kappa shape index (κ2) is 5.90. The fourth-order valence-corrected chi connectivity index (χ4v) is 3.28. The van der Waals surface area contributed by atoms with E-state index in [4.69, 9.17) is 5.11 Å². The van der Waals surface area contributed by atoms with Crippen molar-refractivity contribution in [3.8, 4) is 0 Å². The van der Waals surface area contributed by atoms with Gasteiger partial charge in [0, 0.05) is 39.8 Å². The van der Waals surface area contributed by atoms with Gasteiger partial charge in [0.05, 0.1) is 12.0 Å². The van der Waals surface area contributed by atoms with Gasteiger partial charge in [-0.05, 0) is 11.4 Å². The minimum absolute atomic E-state index is 0.228. The SMILES string of the molecule is CNc1nc(N2CCN(CCO)CC2)c2ccsc2n1. The number of nitrogens with one attached hydrogen (secondary N) is 1. The summed E-state index contributed by atoms with van der Waals surface area (Å²) in [6, 6.07) is 2.09. The van der Waals surface area contributed by atoms with E-state index in [1.54, 1.807) is 11.3 Å². The predicted molar refractivity (Wildman–Crippen MR) is 82.7 cm³/mol. The van der Waals surface area contributed by atoms with Crippen LogP contribution in [0.3, 0.4) is 0 Å². The van der Waals surface area contributed by atoms with Crippen LogP contribution >= 0.6 is 11.3 Å². The van der Waals surface area contributed by atoms with Crippen LogP contribution < -0.4 is 10.2 Å². The molecule has 7 heteroatoms. The molecule has 1 aliphatic heterocycles. The Morgan fingerprint density at radius 2 is 2.10 bits per heavy atom. The summed E-state index contributed by atoms with van der Waals surface area (Å²) in [6.07, 6.45) is 0. The van der Waals surface area contributed by atoms with Crippen LogP contribution in [0.1, 0.15) is 0 Å². The maximum absolute atomic E-state index is 9.00. The van der Waals surface area contributed by atoms with E-state index < -0.39 is 0 Å². The average molecular weight is 293 g/mol. The molecule has 2 aromatic heterocycles. The Morgan fingerprint density at radius 1 is 1.30 bits per heavy atom. The summed E-state index contributed by atoms with van der Waals surface area (Å²) in [5, 5.41) is 15.2. The molecule has 2 N–H and O–H groups in total. The Bertz CT molecular complexity index is 579. The van der Waals surface area contributed by atoms with Crippen LogP contribution in [0.15, 0.2) is 11.4 Å². The lowest BCUT2D eigenvalue weighted by atomic mass is 10.2. The van der Waals surface area contributed by atoms with Crippen LogP contribution in [0.4, 0.5) is 11.8 Å². The molecule has 0 atom stereocenters. The quantitative estimate of drug-likeness (QED) is 0.871. The maximum Gasteiger partial charge on any atom is 0.225 e. The van der Waals surface area contributed by atoms with Crippen LogP contribution in [0.5, 0.6) is 0 Å². The normalized spacial score (nSPS) is 16.8. The Balaban J connectivity index is 1.85. The fourth-order valence-electron chi connectivity index (χ4n) is 2.52. The number of anilines is 2. The molecule has 0 aliphatic carbocycles. The molecule has 20 heavy (non-hydrogen) atoms. The molecular weight excluding hydrogens is 274 g/mol. The van der Waals surface area contributed by atoms with Crippen molar-refractivity contribution in [1.29, 1.82) is 0 Å². The van der Waals surface area contributed by atoms with E-state index in [-0.39, 0.29) is 6.61 Å². The van der Waals surface area contributed by atoms with Crippen LogP contribution in [-0.2, 0) is 0 Å². The molecule has 6 nitrogen and oxygen atoms in total. The molecular formula is C13H19N5OS. The number of rotatable bonds is 4. The Labute approximate surface area is 122 Å². The monoisotopic (exact) mass is 293 g/mol. The first-order chi connectivity index (χ1) is 9.81. The van der Waals surface area contributed by atoms with Gasteiger partial charge in [0.15, 0.2) is 0 Å². The number of hydrogen-bond donors (Lipinski definition) is 2. The number of β-amino-alcohol motifs (C(OH)–C–C–N with tert-alkyl or cyclic N) is 1. The molecule has 0 saturated carbocycles. The molecule has 2 aromatic rings. The zero-order valence-electron chi connectivity index (χ0n) is 11.5. The zero-order chi connectivity index (χ0) is 13.9. The standard InChI is InChI=1S/C13H19N5OS/c1-14-13-15-11(10-2-9-20-12(10)16-13)18-5-3-17(4-6-18)7-8-19/h2,9,19H,3-8H2,1H3,(H,14,15,16). The van der Waals surface area contributed by atoms with E-state index in [0.29, 0.717) is 5.95 Å². The predicted octanol–water partition coefficient (Wildman–Crippen LogP) is 0.847. The lowest BCUT2D eigenvalue weighted by molar-refractivity contribution is 0.188. The summed E-state index contributed by atoms with van der Waals surface area (Å²) in [5.74, 6) is 1.69. The molecule has 3 rings (SSSR count). The van der Waals surface area contributed by atoms with Crippen molar-refractivity contribution in [2.24, 2.45) is 0 Å². The number of aliphatic hydroxyl groups excluding tert-OH is 1. The molecule has 0 radical (unpaired) electrons. The largest absolute Gasteiger partial charge is 0.395 e. The molecule has 1 fully saturated rings. The van der Waals surface area contributed by atoms with Gasteiger partial charge in [-0.15, -0.1) is 11.3 Å². The van der Waals surface area contributed by atoms with E-state index in [2.05, 4.69) is 36.5 Å². The van der Waals surface area contributed by atoms with Crippen molar-refractivity contribution < 1.29 is 5.11 Å². The van der Waals surface area contributed by atoms with Crippen LogP contribution in [-0.4, -0.2) is 66.4 Å². The van der Waals surface area contributed by atoms with Crippen LogP contribution in [0.2, 0.25) is 0 Å². The molecule has 0 aromatic carbocycles. The van der Waals surface area contributed by atoms with Gasteiger partial charge in [0.1, 0.15) is 10.6 Å². The molecule has 1 saturated heterocycles. The van der Waals surface area contributed by atoms with E-state index in [9.17, 15) is 0 Å². The highest BCUT2D eigenvalue weighted by Crippen LogP contribution is 2.29. The van der Waals surface area contributed by atoms with E-state index in [1.807, 2.05) is 7.05 Å². The summed E-state index contributed by atoms with van der Waals surface area (Å²) < 4.78 is 0. The lowest BCUT2D eigenvalue weighted by Crippen LogP contribution is -2.47. The van der Waals surface area contributed by atoms with Crippen molar-refractivity contribution >= 4 is 33.3 Å². The Hall–Kier alpha value is -1.44. The third-order valence-corrected chi connectivity index (χ3v) is 4.42. The molecule has 108 valence electrons. The van der Waals surface area contributed by atoms with Crippen molar-refractivity contribution in [1.82, 2.24) is 14.9 Å². The number of hydrogen-bond acceptors (Lipinski definition) is 7. The summed E-state index contributed by atoms with van der Waals surface area (Å²) in [5.41, 5.74) is 0. The average Bonchev–Trinajstić information content (AvgIpc) is 2.95. The van der Waals surface area contributed by atoms with E-state index >= 15 is 0 Å². The van der Waals surface area contributed by atoms with Gasteiger partial charge in [-0.1, -0.05) is 0 Å². The minimum Gasteiger partial charge on any atom is -0.395 e. The summed E-state index contributed by atoms with van der Waals surface area (Å²) in [6.45, 7) is 4.78.